The first-order valence-corrected chi connectivity index (χ1v) is 12.8. The fraction of sp³-hybridized carbons (Fsp3) is 0.400. The average Bonchev–Trinajstić information content (AvgIpc) is 2.86. The number of pyridine rings is 1. The largest absolute Gasteiger partial charge is 0.326 e. The van der Waals surface area contributed by atoms with Gasteiger partial charge in [-0.15, -0.1) is 0 Å². The first-order valence-electron chi connectivity index (χ1n) is 12.8. The van der Waals surface area contributed by atoms with Gasteiger partial charge in [0, 0.05) is 30.9 Å². The number of nitrogens with two attached hydrogens (primary N) is 1. The summed E-state index contributed by atoms with van der Waals surface area (Å²) in [5.74, 6) is 0.968. The van der Waals surface area contributed by atoms with Gasteiger partial charge in [-0.2, -0.15) is 0 Å². The monoisotopic (exact) mass is 470 g/mol. The highest BCUT2D eigenvalue weighted by molar-refractivity contribution is 5.96. The highest BCUT2D eigenvalue weighted by Crippen LogP contribution is 2.37. The predicted octanol–water partition coefficient (Wildman–Crippen LogP) is 6.43. The topological polar surface area (TPSA) is 71.2 Å². The van der Waals surface area contributed by atoms with Gasteiger partial charge in [0.15, 0.2) is 0 Å². The molecule has 5 heteroatoms. The Morgan fingerprint density at radius 2 is 1.71 bits per heavy atom. The lowest BCUT2D eigenvalue weighted by atomic mass is 9.89. The van der Waals surface area contributed by atoms with Crippen molar-refractivity contribution in [3.63, 3.8) is 0 Å². The highest BCUT2D eigenvalue weighted by Gasteiger charge is 2.26. The van der Waals surface area contributed by atoms with E-state index in [4.69, 9.17) is 10.7 Å². The molecule has 0 spiro atoms. The maximum absolute atomic E-state index is 13.4. The summed E-state index contributed by atoms with van der Waals surface area (Å²) in [4.78, 5) is 20.3. The molecule has 184 valence electrons. The van der Waals surface area contributed by atoms with E-state index in [0.29, 0.717) is 18.4 Å². The van der Waals surface area contributed by atoms with E-state index in [2.05, 4.69) is 80.7 Å². The van der Waals surface area contributed by atoms with Crippen LogP contribution in [0.1, 0.15) is 60.7 Å². The molecule has 0 unspecified atom stereocenters. The summed E-state index contributed by atoms with van der Waals surface area (Å²) in [6.07, 6.45) is 2.80. The van der Waals surface area contributed by atoms with Gasteiger partial charge in [-0.25, -0.2) is 4.79 Å². The quantitative estimate of drug-likeness (QED) is 0.436. The van der Waals surface area contributed by atoms with E-state index in [1.165, 1.54) is 11.1 Å². The van der Waals surface area contributed by atoms with E-state index in [1.807, 2.05) is 11.8 Å². The van der Waals surface area contributed by atoms with Crippen molar-refractivity contribution >= 4 is 11.7 Å². The van der Waals surface area contributed by atoms with Crippen LogP contribution in [-0.2, 0) is 13.0 Å². The SMILES string of the molecule is Cc1ccc(-c2c(CN)c(CC(C)C)nc(C)c2NC(=O)N2CCC(c3ccccc3)CC2)cc1. The maximum atomic E-state index is 13.4. The third kappa shape index (κ3) is 5.73. The van der Waals surface area contributed by atoms with Crippen LogP contribution in [0.2, 0.25) is 0 Å². The fourth-order valence-corrected chi connectivity index (χ4v) is 5.10. The van der Waals surface area contributed by atoms with Gasteiger partial charge < -0.3 is 16.0 Å². The van der Waals surface area contributed by atoms with E-state index in [-0.39, 0.29) is 6.03 Å². The van der Waals surface area contributed by atoms with E-state index < -0.39 is 0 Å². The Hall–Kier alpha value is -3.18. The summed E-state index contributed by atoms with van der Waals surface area (Å²) in [6, 6.07) is 19.0. The smallest absolute Gasteiger partial charge is 0.321 e. The number of aryl methyl sites for hydroxylation is 2. The number of piperidine rings is 1. The standard InChI is InChI=1S/C30H38N4O/c1-20(2)18-27-26(19-31)28(25-12-10-21(3)11-13-25)29(22(4)32-27)33-30(35)34-16-14-24(15-17-34)23-8-6-5-7-9-23/h5-13,20,24H,14-19,31H2,1-4H3,(H,33,35). The molecular weight excluding hydrogens is 432 g/mol. The zero-order chi connectivity index (χ0) is 24.9. The summed E-state index contributed by atoms with van der Waals surface area (Å²) < 4.78 is 0. The minimum absolute atomic E-state index is 0.0608. The molecule has 2 heterocycles. The summed E-state index contributed by atoms with van der Waals surface area (Å²) in [5.41, 5.74) is 14.6. The van der Waals surface area contributed by atoms with E-state index >= 15 is 0 Å². The molecule has 0 saturated carbocycles. The molecule has 0 atom stereocenters. The second-order valence-electron chi connectivity index (χ2n) is 10.1. The maximum Gasteiger partial charge on any atom is 0.321 e. The third-order valence-electron chi connectivity index (χ3n) is 7.00. The number of carbonyl (C=O) groups excluding carboxylic acids is 1. The van der Waals surface area contributed by atoms with Crippen LogP contribution >= 0.6 is 0 Å². The van der Waals surface area contributed by atoms with Crippen molar-refractivity contribution in [3.8, 4) is 11.1 Å². The van der Waals surface area contributed by atoms with Gasteiger partial charge in [0.05, 0.1) is 11.4 Å². The van der Waals surface area contributed by atoms with Crippen molar-refractivity contribution in [2.24, 2.45) is 11.7 Å². The molecule has 2 amide bonds. The lowest BCUT2D eigenvalue weighted by Gasteiger charge is -2.33. The number of benzene rings is 2. The lowest BCUT2D eigenvalue weighted by molar-refractivity contribution is 0.194. The van der Waals surface area contributed by atoms with Crippen molar-refractivity contribution < 1.29 is 4.79 Å². The molecule has 1 fully saturated rings. The van der Waals surface area contributed by atoms with Gasteiger partial charge in [-0.05, 0) is 61.6 Å². The first kappa shape index (κ1) is 24.9. The zero-order valence-electron chi connectivity index (χ0n) is 21.5. The van der Waals surface area contributed by atoms with Crippen LogP contribution in [0.3, 0.4) is 0 Å². The number of aromatic nitrogens is 1. The zero-order valence-corrected chi connectivity index (χ0v) is 21.5. The number of carbonyl (C=O) groups is 1. The molecule has 5 nitrogen and oxygen atoms in total. The third-order valence-corrected chi connectivity index (χ3v) is 7.00. The van der Waals surface area contributed by atoms with Crippen molar-refractivity contribution in [3.05, 3.63) is 82.7 Å². The molecular formula is C30H38N4O. The normalized spacial score (nSPS) is 14.4. The predicted molar refractivity (Wildman–Crippen MR) is 145 cm³/mol. The van der Waals surface area contributed by atoms with Gasteiger partial charge in [0.1, 0.15) is 0 Å². The second kappa shape index (κ2) is 11.0. The Morgan fingerprint density at radius 3 is 2.31 bits per heavy atom. The number of rotatable bonds is 6. The van der Waals surface area contributed by atoms with Crippen LogP contribution in [-0.4, -0.2) is 29.0 Å². The van der Waals surface area contributed by atoms with Crippen molar-refractivity contribution in [2.45, 2.75) is 59.4 Å². The Kier molecular flexibility index (Phi) is 7.86. The Balaban J connectivity index is 1.62. The summed E-state index contributed by atoms with van der Waals surface area (Å²) in [7, 11) is 0. The molecule has 1 aliphatic rings. The van der Waals surface area contributed by atoms with E-state index in [1.54, 1.807) is 0 Å². The van der Waals surface area contributed by atoms with Crippen LogP contribution in [0.4, 0.5) is 10.5 Å². The molecule has 0 radical (unpaired) electrons. The summed E-state index contributed by atoms with van der Waals surface area (Å²) >= 11 is 0. The molecule has 3 aromatic rings. The Morgan fingerprint density at radius 1 is 1.06 bits per heavy atom. The van der Waals surface area contributed by atoms with Crippen LogP contribution in [0.25, 0.3) is 11.1 Å². The van der Waals surface area contributed by atoms with E-state index in [0.717, 1.165) is 66.1 Å². The van der Waals surface area contributed by atoms with Crippen molar-refractivity contribution in [2.75, 3.05) is 18.4 Å². The fourth-order valence-electron chi connectivity index (χ4n) is 5.10. The molecule has 1 saturated heterocycles. The second-order valence-corrected chi connectivity index (χ2v) is 10.1. The van der Waals surface area contributed by atoms with Crippen molar-refractivity contribution in [1.82, 2.24) is 9.88 Å². The van der Waals surface area contributed by atoms with Gasteiger partial charge in [-0.3, -0.25) is 4.98 Å². The number of hydrogen-bond acceptors (Lipinski definition) is 3. The van der Waals surface area contributed by atoms with Gasteiger partial charge in [0.2, 0.25) is 0 Å². The summed E-state index contributed by atoms with van der Waals surface area (Å²) in [5, 5.41) is 3.24. The molecule has 1 aliphatic heterocycles. The minimum atomic E-state index is -0.0608. The Labute approximate surface area is 209 Å². The van der Waals surface area contributed by atoms with Gasteiger partial charge in [0.25, 0.3) is 0 Å². The van der Waals surface area contributed by atoms with Gasteiger partial charge in [-0.1, -0.05) is 74.0 Å². The van der Waals surface area contributed by atoms with Crippen molar-refractivity contribution in [1.29, 1.82) is 0 Å². The molecule has 4 rings (SSSR count). The number of hydrogen-bond donors (Lipinski definition) is 2. The summed E-state index contributed by atoms with van der Waals surface area (Å²) in [6.45, 7) is 10.3. The molecule has 0 aliphatic carbocycles. The Bertz CT molecular complexity index is 1150. The average molecular weight is 471 g/mol. The van der Waals surface area contributed by atoms with Crippen LogP contribution in [0, 0.1) is 19.8 Å². The molecule has 2 aromatic carbocycles. The number of nitrogens with zero attached hydrogens (tertiary/aromatic N) is 2. The number of likely N-dealkylation sites (tertiary alicyclic amines) is 1. The van der Waals surface area contributed by atoms with Crippen LogP contribution in [0.5, 0.6) is 0 Å². The van der Waals surface area contributed by atoms with E-state index in [9.17, 15) is 4.79 Å². The number of nitrogens with one attached hydrogen (secondary N) is 1. The van der Waals surface area contributed by atoms with Crippen LogP contribution < -0.4 is 11.1 Å². The highest BCUT2D eigenvalue weighted by atomic mass is 16.2. The molecule has 1 aromatic heterocycles. The minimum Gasteiger partial charge on any atom is -0.326 e. The number of anilines is 1. The first-order chi connectivity index (χ1) is 16.9. The lowest BCUT2D eigenvalue weighted by Crippen LogP contribution is -2.40. The van der Waals surface area contributed by atoms with Crippen LogP contribution in [0.15, 0.2) is 54.6 Å². The molecule has 35 heavy (non-hydrogen) atoms. The molecule has 3 N–H and O–H groups in total. The molecule has 0 bridgehead atoms. The number of amides is 2. The van der Waals surface area contributed by atoms with Gasteiger partial charge >= 0.3 is 6.03 Å². The number of urea groups is 1.